The summed E-state index contributed by atoms with van der Waals surface area (Å²) in [5.41, 5.74) is 13.3. The van der Waals surface area contributed by atoms with Crippen molar-refractivity contribution in [2.45, 2.75) is 83.8 Å². The fourth-order valence-electron chi connectivity index (χ4n) is 5.77. The number of fused-ring (bicyclic) bond motifs is 2. The topological polar surface area (TPSA) is 173 Å². The second kappa shape index (κ2) is 11.5. The van der Waals surface area contributed by atoms with Crippen molar-refractivity contribution < 1.29 is 24.2 Å². The van der Waals surface area contributed by atoms with Crippen LogP contribution >= 0.6 is 0 Å². The maximum atomic E-state index is 11.7. The Kier molecular flexibility index (Phi) is 8.08. The maximum absolute atomic E-state index is 11.7. The van der Waals surface area contributed by atoms with Crippen LogP contribution in [0.2, 0.25) is 0 Å². The SMILES string of the molecule is CC(C)(O)COc1ccc2c(C(N)=O)cnn2c1C1CC1.CCCC1(C)CC(Oc2nc3c(cnn3C)cc2C(N)=O)C1. The van der Waals surface area contributed by atoms with Gasteiger partial charge in [0.2, 0.25) is 5.88 Å². The molecule has 0 aromatic carbocycles. The minimum absolute atomic E-state index is 0.104. The van der Waals surface area contributed by atoms with Gasteiger partial charge in [-0.1, -0.05) is 20.3 Å². The molecule has 4 heterocycles. The van der Waals surface area contributed by atoms with E-state index in [2.05, 4.69) is 29.0 Å². The first-order chi connectivity index (χ1) is 20.3. The molecule has 2 aliphatic rings. The van der Waals surface area contributed by atoms with Gasteiger partial charge in [-0.15, -0.1) is 0 Å². The number of primary amides is 2. The van der Waals surface area contributed by atoms with E-state index >= 15 is 0 Å². The van der Waals surface area contributed by atoms with Crippen molar-refractivity contribution in [2.75, 3.05) is 6.61 Å². The zero-order valence-electron chi connectivity index (χ0n) is 25.5. The largest absolute Gasteiger partial charge is 0.489 e. The van der Waals surface area contributed by atoms with E-state index in [0.717, 1.165) is 36.8 Å². The lowest BCUT2D eigenvalue weighted by molar-refractivity contribution is -0.0110. The maximum Gasteiger partial charge on any atom is 0.254 e. The summed E-state index contributed by atoms with van der Waals surface area (Å²) in [4.78, 5) is 27.5. The Morgan fingerprint density at radius 3 is 2.42 bits per heavy atom. The average Bonchev–Trinajstić information content (AvgIpc) is 3.55. The fraction of sp³-hybridized carbons (Fsp3) is 0.516. The molecule has 0 bridgehead atoms. The average molecular weight is 592 g/mol. The first kappa shape index (κ1) is 30.3. The molecule has 6 rings (SSSR count). The van der Waals surface area contributed by atoms with E-state index < -0.39 is 17.4 Å². The minimum atomic E-state index is -0.904. The summed E-state index contributed by atoms with van der Waals surface area (Å²) in [6, 6.07) is 5.30. The summed E-state index contributed by atoms with van der Waals surface area (Å²) >= 11 is 0. The highest BCUT2D eigenvalue weighted by molar-refractivity contribution is 5.99. The molecular formula is C31H41N7O5. The molecule has 0 radical (unpaired) electrons. The molecule has 2 saturated carbocycles. The van der Waals surface area contributed by atoms with E-state index in [1.807, 2.05) is 13.1 Å². The molecule has 0 atom stereocenters. The Hall–Kier alpha value is -4.19. The number of carbonyl (C=O) groups excluding carboxylic acids is 2. The van der Waals surface area contributed by atoms with E-state index in [1.165, 1.54) is 19.0 Å². The Balaban J connectivity index is 0.000000171. The summed E-state index contributed by atoms with van der Waals surface area (Å²) in [6.45, 7) is 8.07. The Morgan fingerprint density at radius 1 is 1.12 bits per heavy atom. The van der Waals surface area contributed by atoms with Crippen LogP contribution in [0.25, 0.3) is 16.6 Å². The third kappa shape index (κ3) is 6.58. The van der Waals surface area contributed by atoms with Crippen LogP contribution in [0.3, 0.4) is 0 Å². The smallest absolute Gasteiger partial charge is 0.254 e. The molecule has 5 N–H and O–H groups in total. The van der Waals surface area contributed by atoms with Gasteiger partial charge in [-0.05, 0) is 69.6 Å². The van der Waals surface area contributed by atoms with E-state index in [4.69, 9.17) is 20.9 Å². The molecule has 12 nitrogen and oxygen atoms in total. The van der Waals surface area contributed by atoms with Gasteiger partial charge in [-0.2, -0.15) is 15.2 Å². The van der Waals surface area contributed by atoms with E-state index in [0.29, 0.717) is 45.3 Å². The van der Waals surface area contributed by atoms with Crippen LogP contribution in [0.1, 0.15) is 98.5 Å². The van der Waals surface area contributed by atoms with Gasteiger partial charge < -0.3 is 26.0 Å². The number of aromatic nitrogens is 5. The molecule has 12 heteroatoms. The summed E-state index contributed by atoms with van der Waals surface area (Å²) in [5.74, 6) is 0.394. The highest BCUT2D eigenvalue weighted by atomic mass is 16.5. The van der Waals surface area contributed by atoms with Gasteiger partial charge in [0.1, 0.15) is 24.0 Å². The van der Waals surface area contributed by atoms with Crippen molar-refractivity contribution in [1.29, 1.82) is 0 Å². The monoisotopic (exact) mass is 591 g/mol. The Morgan fingerprint density at radius 2 is 1.81 bits per heavy atom. The number of rotatable bonds is 10. The second-order valence-electron chi connectivity index (χ2n) is 12.8. The number of aliphatic hydroxyl groups is 1. The van der Waals surface area contributed by atoms with Crippen LogP contribution < -0.4 is 20.9 Å². The van der Waals surface area contributed by atoms with Crippen molar-refractivity contribution in [3.63, 3.8) is 0 Å². The highest BCUT2D eigenvalue weighted by Gasteiger charge is 2.41. The second-order valence-corrected chi connectivity index (χ2v) is 12.8. The highest BCUT2D eigenvalue weighted by Crippen LogP contribution is 2.46. The number of ether oxygens (including phenoxy) is 2. The number of nitrogens with two attached hydrogens (primary N) is 2. The molecular weight excluding hydrogens is 550 g/mol. The molecule has 2 amide bonds. The van der Waals surface area contributed by atoms with Crippen LogP contribution in [0, 0.1) is 5.41 Å². The molecule has 4 aromatic heterocycles. The number of hydrogen-bond donors (Lipinski definition) is 3. The van der Waals surface area contributed by atoms with E-state index in [1.54, 1.807) is 41.4 Å². The Bertz CT molecular complexity index is 1660. The molecule has 2 aliphatic carbocycles. The number of pyridine rings is 2. The van der Waals surface area contributed by atoms with Crippen molar-refractivity contribution >= 4 is 28.4 Å². The third-order valence-electron chi connectivity index (χ3n) is 8.00. The van der Waals surface area contributed by atoms with Gasteiger partial charge in [0.25, 0.3) is 11.8 Å². The predicted octanol–water partition coefficient (Wildman–Crippen LogP) is 3.88. The number of hydrogen-bond acceptors (Lipinski definition) is 8. The van der Waals surface area contributed by atoms with Crippen molar-refractivity contribution in [1.82, 2.24) is 24.4 Å². The molecule has 230 valence electrons. The molecule has 0 spiro atoms. The summed E-state index contributed by atoms with van der Waals surface area (Å²) in [7, 11) is 1.81. The van der Waals surface area contributed by atoms with Gasteiger partial charge in [0.15, 0.2) is 5.65 Å². The van der Waals surface area contributed by atoms with Crippen LogP contribution in [-0.4, -0.2) is 59.6 Å². The first-order valence-electron chi connectivity index (χ1n) is 14.7. The summed E-state index contributed by atoms with van der Waals surface area (Å²) in [5, 5.41) is 19.0. The minimum Gasteiger partial charge on any atom is -0.489 e. The zero-order chi connectivity index (χ0) is 31.1. The van der Waals surface area contributed by atoms with Gasteiger partial charge in [0, 0.05) is 18.4 Å². The van der Waals surface area contributed by atoms with Gasteiger partial charge in [-0.25, -0.2) is 4.52 Å². The van der Waals surface area contributed by atoms with Gasteiger partial charge in [0.05, 0.1) is 34.8 Å². The van der Waals surface area contributed by atoms with Crippen molar-refractivity contribution in [2.24, 2.45) is 23.9 Å². The lowest BCUT2D eigenvalue weighted by Gasteiger charge is -2.44. The predicted molar refractivity (Wildman–Crippen MR) is 161 cm³/mol. The molecule has 0 aliphatic heterocycles. The van der Waals surface area contributed by atoms with Crippen LogP contribution in [-0.2, 0) is 7.05 Å². The van der Waals surface area contributed by atoms with Crippen LogP contribution in [0.4, 0.5) is 0 Å². The third-order valence-corrected chi connectivity index (χ3v) is 8.00. The number of amides is 2. The van der Waals surface area contributed by atoms with Gasteiger partial charge >= 0.3 is 0 Å². The first-order valence-corrected chi connectivity index (χ1v) is 14.7. The lowest BCUT2D eigenvalue weighted by atomic mass is 9.66. The van der Waals surface area contributed by atoms with Crippen LogP contribution in [0.15, 0.2) is 30.6 Å². The van der Waals surface area contributed by atoms with Crippen molar-refractivity contribution in [3.05, 3.63) is 47.4 Å². The van der Waals surface area contributed by atoms with Gasteiger partial charge in [-0.3, -0.25) is 14.3 Å². The number of nitrogens with zero attached hydrogens (tertiary/aromatic N) is 5. The fourth-order valence-corrected chi connectivity index (χ4v) is 5.77. The van der Waals surface area contributed by atoms with Crippen molar-refractivity contribution in [3.8, 4) is 11.6 Å². The Labute approximate surface area is 250 Å². The van der Waals surface area contributed by atoms with E-state index in [-0.39, 0.29) is 12.7 Å². The summed E-state index contributed by atoms with van der Waals surface area (Å²) in [6.07, 6.45) is 9.76. The summed E-state index contributed by atoms with van der Waals surface area (Å²) < 4.78 is 15.1. The molecule has 4 aromatic rings. The molecule has 0 unspecified atom stereocenters. The van der Waals surface area contributed by atoms with E-state index in [9.17, 15) is 14.7 Å². The molecule has 0 saturated heterocycles. The normalized spacial score (nSPS) is 19.9. The molecule has 2 fully saturated rings. The number of carbonyl (C=O) groups is 2. The molecule has 43 heavy (non-hydrogen) atoms. The quantitative estimate of drug-likeness (QED) is 0.249. The number of aryl methyl sites for hydroxylation is 1. The standard InChI is InChI=1S/C16H22N4O2.C15H19N3O3/c1-4-5-16(2)7-11(8-16)22-15-12(13(17)21)6-10-9-18-20(3)14(10)19-15;1-15(2,20)8-21-12-6-5-11-10(14(16)19)7-17-18(11)13(12)9-3-4-9/h6,9,11H,4-5,7-8H2,1-3H3,(H2,17,21);5-7,9,20H,3-4,8H2,1-2H3,(H2,16,19). The zero-order valence-corrected chi connectivity index (χ0v) is 25.5. The van der Waals surface area contributed by atoms with Crippen LogP contribution in [0.5, 0.6) is 11.6 Å². The lowest BCUT2D eigenvalue weighted by Crippen LogP contribution is -2.42.